The summed E-state index contributed by atoms with van der Waals surface area (Å²) in [5, 5.41) is 3.15. The van der Waals surface area contributed by atoms with Crippen molar-refractivity contribution in [2.24, 2.45) is 0 Å². The van der Waals surface area contributed by atoms with Gasteiger partial charge in [-0.2, -0.15) is 0 Å². The largest absolute Gasteiger partial charge is 0.484 e. The van der Waals surface area contributed by atoms with Crippen molar-refractivity contribution in [3.63, 3.8) is 0 Å². The summed E-state index contributed by atoms with van der Waals surface area (Å²) in [5.41, 5.74) is 1.46. The number of hydrogen-bond donors (Lipinski definition) is 1. The monoisotopic (exact) mass is 424 g/mol. The molecule has 0 unspecified atom stereocenters. The molecule has 29 heavy (non-hydrogen) atoms. The number of nitrogens with zero attached hydrogens (tertiary/aromatic N) is 1. The first-order valence-corrected chi connectivity index (χ1v) is 10.7. The molecule has 164 valence electrons. The van der Waals surface area contributed by atoms with Crippen molar-refractivity contribution in [3.05, 3.63) is 29.8 Å². The number of ether oxygens (including phenoxy) is 2. The van der Waals surface area contributed by atoms with Crippen molar-refractivity contribution in [3.8, 4) is 5.75 Å². The molecule has 0 aromatic heterocycles. The maximum Gasteiger partial charge on any atom is 0.258 e. The maximum absolute atomic E-state index is 12.4. The minimum Gasteiger partial charge on any atom is -0.484 e. The van der Waals surface area contributed by atoms with E-state index in [1.54, 1.807) is 0 Å². The van der Waals surface area contributed by atoms with Gasteiger partial charge in [0.1, 0.15) is 5.75 Å². The molecule has 0 radical (unpaired) electrons. The number of hydrogen-bond acceptors (Lipinski definition) is 4. The Kier molecular flexibility index (Phi) is 8.80. The SMILES string of the molecule is CC(C)(C)c1ccc(OCC(=O)NCC2(N3CCOCC3)CCCCC2)cc1.Cl. The van der Waals surface area contributed by atoms with Crippen molar-refractivity contribution >= 4 is 18.3 Å². The number of nitrogens with one attached hydrogen (secondary N) is 1. The molecular formula is C23H37ClN2O3. The molecule has 1 aliphatic carbocycles. The second-order valence-electron chi connectivity index (χ2n) is 9.22. The van der Waals surface area contributed by atoms with Crippen molar-refractivity contribution in [2.75, 3.05) is 39.5 Å². The Morgan fingerprint density at radius 2 is 1.72 bits per heavy atom. The van der Waals surface area contributed by atoms with Gasteiger partial charge in [-0.05, 0) is 36.0 Å². The lowest BCUT2D eigenvalue weighted by Crippen LogP contribution is -2.60. The molecule has 2 fully saturated rings. The molecule has 0 spiro atoms. The summed E-state index contributed by atoms with van der Waals surface area (Å²) >= 11 is 0. The molecule has 5 nitrogen and oxygen atoms in total. The Labute approximate surface area is 181 Å². The predicted octanol–water partition coefficient (Wildman–Crippen LogP) is 3.94. The van der Waals surface area contributed by atoms with Crippen LogP contribution in [0, 0.1) is 0 Å². The van der Waals surface area contributed by atoms with E-state index >= 15 is 0 Å². The van der Waals surface area contributed by atoms with Gasteiger partial charge in [0.15, 0.2) is 6.61 Å². The quantitative estimate of drug-likeness (QED) is 0.751. The van der Waals surface area contributed by atoms with Gasteiger partial charge in [0.05, 0.1) is 13.2 Å². The van der Waals surface area contributed by atoms with E-state index in [9.17, 15) is 4.79 Å². The van der Waals surface area contributed by atoms with Gasteiger partial charge < -0.3 is 14.8 Å². The van der Waals surface area contributed by atoms with Crippen LogP contribution in [0.1, 0.15) is 58.4 Å². The van der Waals surface area contributed by atoms with Crippen molar-refractivity contribution in [1.82, 2.24) is 10.2 Å². The van der Waals surface area contributed by atoms with Crippen molar-refractivity contribution < 1.29 is 14.3 Å². The molecular weight excluding hydrogens is 388 g/mol. The zero-order chi connectivity index (χ0) is 20.0. The Morgan fingerprint density at radius 3 is 2.31 bits per heavy atom. The van der Waals surface area contributed by atoms with Crippen LogP contribution in [0.15, 0.2) is 24.3 Å². The van der Waals surface area contributed by atoms with E-state index in [0.717, 1.165) is 44.9 Å². The average Bonchev–Trinajstić information content (AvgIpc) is 2.72. The molecule has 2 aliphatic rings. The number of benzene rings is 1. The number of morpholine rings is 1. The minimum absolute atomic E-state index is 0. The van der Waals surface area contributed by atoms with Gasteiger partial charge in [0.2, 0.25) is 0 Å². The summed E-state index contributed by atoms with van der Waals surface area (Å²) in [5.74, 6) is 0.696. The van der Waals surface area contributed by atoms with E-state index in [0.29, 0.717) is 6.54 Å². The summed E-state index contributed by atoms with van der Waals surface area (Å²) in [6.07, 6.45) is 6.09. The fourth-order valence-electron chi connectivity index (χ4n) is 4.37. The lowest BCUT2D eigenvalue weighted by Gasteiger charge is -2.48. The molecule has 1 heterocycles. The number of carbonyl (C=O) groups is 1. The topological polar surface area (TPSA) is 50.8 Å². The van der Waals surface area contributed by atoms with Crippen LogP contribution in [0.3, 0.4) is 0 Å². The molecule has 1 amide bonds. The van der Waals surface area contributed by atoms with Crippen LogP contribution in [0.5, 0.6) is 5.75 Å². The number of carbonyl (C=O) groups excluding carboxylic acids is 1. The van der Waals surface area contributed by atoms with E-state index in [-0.39, 0.29) is 35.9 Å². The lowest BCUT2D eigenvalue weighted by atomic mass is 9.79. The zero-order valence-corrected chi connectivity index (χ0v) is 19.0. The molecule has 1 N–H and O–H groups in total. The Morgan fingerprint density at radius 1 is 1.10 bits per heavy atom. The van der Waals surface area contributed by atoms with Gasteiger partial charge in [-0.3, -0.25) is 9.69 Å². The molecule has 1 aromatic rings. The minimum atomic E-state index is -0.0434. The summed E-state index contributed by atoms with van der Waals surface area (Å²) in [7, 11) is 0. The van der Waals surface area contributed by atoms with Crippen LogP contribution < -0.4 is 10.1 Å². The highest BCUT2D eigenvalue weighted by atomic mass is 35.5. The van der Waals surface area contributed by atoms with Crippen LogP contribution in [-0.2, 0) is 14.9 Å². The molecule has 1 saturated carbocycles. The summed E-state index contributed by atoms with van der Waals surface area (Å²) in [6.45, 7) is 10.8. The number of rotatable bonds is 6. The summed E-state index contributed by atoms with van der Waals surface area (Å²) in [6, 6.07) is 8.04. The Hall–Kier alpha value is -1.30. The zero-order valence-electron chi connectivity index (χ0n) is 18.2. The predicted molar refractivity (Wildman–Crippen MR) is 119 cm³/mol. The van der Waals surface area contributed by atoms with Gasteiger partial charge in [0, 0.05) is 25.2 Å². The molecule has 6 heteroatoms. The third-order valence-electron chi connectivity index (χ3n) is 6.17. The van der Waals surface area contributed by atoms with E-state index < -0.39 is 0 Å². The van der Waals surface area contributed by atoms with Gasteiger partial charge >= 0.3 is 0 Å². The van der Waals surface area contributed by atoms with E-state index in [1.807, 2.05) is 12.1 Å². The fourth-order valence-corrected chi connectivity index (χ4v) is 4.37. The Balaban J connectivity index is 0.00000300. The second-order valence-corrected chi connectivity index (χ2v) is 9.22. The first-order valence-electron chi connectivity index (χ1n) is 10.7. The van der Waals surface area contributed by atoms with Crippen LogP contribution in [0.4, 0.5) is 0 Å². The highest BCUT2D eigenvalue weighted by Gasteiger charge is 2.38. The van der Waals surface area contributed by atoms with E-state index in [4.69, 9.17) is 9.47 Å². The van der Waals surface area contributed by atoms with Crippen molar-refractivity contribution in [2.45, 2.75) is 63.8 Å². The average molecular weight is 425 g/mol. The third-order valence-corrected chi connectivity index (χ3v) is 6.17. The van der Waals surface area contributed by atoms with Crippen molar-refractivity contribution in [1.29, 1.82) is 0 Å². The first kappa shape index (κ1) is 24.0. The second kappa shape index (κ2) is 10.6. The number of halogens is 1. The number of amides is 1. The van der Waals surface area contributed by atoms with Crippen LogP contribution in [0.2, 0.25) is 0 Å². The third kappa shape index (κ3) is 6.59. The summed E-state index contributed by atoms with van der Waals surface area (Å²) in [4.78, 5) is 15.0. The lowest BCUT2D eigenvalue weighted by molar-refractivity contribution is -0.124. The molecule has 1 saturated heterocycles. The van der Waals surface area contributed by atoms with Crippen LogP contribution >= 0.6 is 12.4 Å². The van der Waals surface area contributed by atoms with Gasteiger partial charge in [-0.1, -0.05) is 52.2 Å². The smallest absolute Gasteiger partial charge is 0.258 e. The first-order chi connectivity index (χ1) is 13.4. The normalized spacial score (nSPS) is 19.8. The van der Waals surface area contributed by atoms with Gasteiger partial charge in [-0.15, -0.1) is 12.4 Å². The van der Waals surface area contributed by atoms with Gasteiger partial charge in [-0.25, -0.2) is 0 Å². The standard InChI is InChI=1S/C23H36N2O3.ClH/c1-22(2,3)19-7-9-20(10-8-19)28-17-21(26)24-18-23(11-5-4-6-12-23)25-13-15-27-16-14-25;/h7-10H,4-6,11-18H2,1-3H3,(H,24,26);1H. The Bertz CT molecular complexity index is 631. The highest BCUT2D eigenvalue weighted by Crippen LogP contribution is 2.33. The molecule has 0 bridgehead atoms. The van der Waals surface area contributed by atoms with Crippen LogP contribution in [0.25, 0.3) is 0 Å². The van der Waals surface area contributed by atoms with Crippen LogP contribution in [-0.4, -0.2) is 55.8 Å². The van der Waals surface area contributed by atoms with E-state index in [2.05, 4.69) is 43.1 Å². The summed E-state index contributed by atoms with van der Waals surface area (Å²) < 4.78 is 11.2. The van der Waals surface area contributed by atoms with E-state index in [1.165, 1.54) is 24.8 Å². The van der Waals surface area contributed by atoms with Gasteiger partial charge in [0.25, 0.3) is 5.91 Å². The molecule has 0 atom stereocenters. The molecule has 1 aliphatic heterocycles. The molecule has 3 rings (SSSR count). The fraction of sp³-hybridized carbons (Fsp3) is 0.696. The maximum atomic E-state index is 12.4. The molecule has 1 aromatic carbocycles. The highest BCUT2D eigenvalue weighted by molar-refractivity contribution is 5.85.